The van der Waals surface area contributed by atoms with Gasteiger partial charge < -0.3 is 14.4 Å². The lowest BCUT2D eigenvalue weighted by molar-refractivity contribution is -0.113. The van der Waals surface area contributed by atoms with Crippen molar-refractivity contribution in [2.75, 3.05) is 13.1 Å². The maximum atomic E-state index is 14.0. The van der Waals surface area contributed by atoms with E-state index in [-0.39, 0.29) is 30.5 Å². The summed E-state index contributed by atoms with van der Waals surface area (Å²) in [4.78, 5) is 20.0. The predicted molar refractivity (Wildman–Crippen MR) is 159 cm³/mol. The van der Waals surface area contributed by atoms with Gasteiger partial charge in [-0.2, -0.15) is 10.1 Å². The first-order chi connectivity index (χ1) is 19.9. The maximum Gasteiger partial charge on any atom is 0.286 e. The third kappa shape index (κ3) is 6.11. The van der Waals surface area contributed by atoms with Gasteiger partial charge in [0.1, 0.15) is 18.2 Å². The number of aromatic nitrogens is 2. The van der Waals surface area contributed by atoms with Crippen molar-refractivity contribution in [3.63, 3.8) is 0 Å². The number of nitrogens with zero attached hydrogens (tertiary/aromatic N) is 4. The first-order valence-corrected chi connectivity index (χ1v) is 14.3. The number of carbonyl (C=O) groups is 1. The highest BCUT2D eigenvalue weighted by Gasteiger charge is 2.31. The van der Waals surface area contributed by atoms with Crippen molar-refractivity contribution in [2.45, 2.75) is 32.7 Å². The van der Waals surface area contributed by atoms with Gasteiger partial charge in [-0.15, -0.1) is 0 Å². The van der Waals surface area contributed by atoms with Crippen molar-refractivity contribution in [1.82, 2.24) is 14.7 Å². The molecule has 0 N–H and O–H groups in total. The summed E-state index contributed by atoms with van der Waals surface area (Å²) in [7, 11) is 0. The summed E-state index contributed by atoms with van der Waals surface area (Å²) >= 11 is 1.39. The number of amidine groups is 1. The molecule has 0 saturated carbocycles. The van der Waals surface area contributed by atoms with Crippen LogP contribution in [0.3, 0.4) is 0 Å². The van der Waals surface area contributed by atoms with E-state index in [2.05, 4.69) is 9.89 Å². The Morgan fingerprint density at radius 2 is 1.71 bits per heavy atom. The van der Waals surface area contributed by atoms with Gasteiger partial charge in [0, 0.05) is 36.0 Å². The zero-order valence-corrected chi connectivity index (χ0v) is 23.6. The summed E-state index contributed by atoms with van der Waals surface area (Å²) in [5.74, 6) is 0.0670. The highest BCUT2D eigenvalue weighted by atomic mass is 32.2. The first-order valence-electron chi connectivity index (χ1n) is 13.5. The van der Waals surface area contributed by atoms with E-state index in [0.29, 0.717) is 34.5 Å². The monoisotopic (exact) mass is 568 g/mol. The Balaban J connectivity index is 1.27. The molecule has 41 heavy (non-hydrogen) atoms. The molecule has 208 valence electrons. The number of morpholine rings is 1. The Labute approximate surface area is 242 Å². The van der Waals surface area contributed by atoms with Crippen molar-refractivity contribution in [2.24, 2.45) is 4.99 Å². The van der Waals surface area contributed by atoms with E-state index < -0.39 is 0 Å². The quantitative estimate of drug-likeness (QED) is 0.253. The van der Waals surface area contributed by atoms with E-state index in [9.17, 15) is 9.18 Å². The van der Waals surface area contributed by atoms with Crippen LogP contribution in [-0.4, -0.2) is 51.1 Å². The van der Waals surface area contributed by atoms with Crippen LogP contribution >= 0.6 is 11.8 Å². The van der Waals surface area contributed by atoms with Crippen LogP contribution in [0.25, 0.3) is 23.0 Å². The Kier molecular flexibility index (Phi) is 7.71. The second-order valence-electron chi connectivity index (χ2n) is 10.1. The van der Waals surface area contributed by atoms with Crippen molar-refractivity contribution < 1.29 is 18.7 Å². The summed E-state index contributed by atoms with van der Waals surface area (Å²) in [5.41, 5.74) is 3.77. The number of aliphatic imine (C=N–C) groups is 1. The summed E-state index contributed by atoms with van der Waals surface area (Å²) < 4.78 is 27.5. The number of para-hydroxylation sites is 1. The minimum Gasteiger partial charge on any atom is -0.489 e. The van der Waals surface area contributed by atoms with Crippen molar-refractivity contribution in [3.05, 3.63) is 107 Å². The molecule has 2 aliphatic heterocycles. The molecule has 4 aromatic rings. The number of amides is 1. The molecule has 2 aliphatic rings. The number of hydrogen-bond donors (Lipinski definition) is 0. The van der Waals surface area contributed by atoms with Crippen molar-refractivity contribution in [3.8, 4) is 22.7 Å². The number of ether oxygens (including phenoxy) is 2. The Morgan fingerprint density at radius 1 is 1.00 bits per heavy atom. The van der Waals surface area contributed by atoms with E-state index in [1.807, 2.05) is 85.4 Å². The van der Waals surface area contributed by atoms with Gasteiger partial charge in [-0.05, 0) is 74.1 Å². The van der Waals surface area contributed by atoms with Gasteiger partial charge >= 0.3 is 0 Å². The van der Waals surface area contributed by atoms with Crippen LogP contribution < -0.4 is 4.74 Å². The lowest BCUT2D eigenvalue weighted by Gasteiger charge is -2.35. The molecule has 1 saturated heterocycles. The first kappa shape index (κ1) is 27.0. The molecule has 6 rings (SSSR count). The van der Waals surface area contributed by atoms with E-state index >= 15 is 0 Å². The maximum absolute atomic E-state index is 14.0. The van der Waals surface area contributed by atoms with E-state index in [0.717, 1.165) is 22.5 Å². The molecule has 0 radical (unpaired) electrons. The molecule has 1 amide bonds. The third-order valence-corrected chi connectivity index (χ3v) is 7.87. The average Bonchev–Trinajstić information content (AvgIpc) is 3.56. The van der Waals surface area contributed by atoms with Crippen LogP contribution in [0.2, 0.25) is 0 Å². The zero-order chi connectivity index (χ0) is 28.3. The molecular weight excluding hydrogens is 539 g/mol. The summed E-state index contributed by atoms with van der Waals surface area (Å²) in [6.07, 6.45) is 3.92. The highest BCUT2D eigenvalue weighted by molar-refractivity contribution is 8.18. The smallest absolute Gasteiger partial charge is 0.286 e. The summed E-state index contributed by atoms with van der Waals surface area (Å²) in [6.45, 7) is 5.58. The lowest BCUT2D eigenvalue weighted by atomic mass is 10.1. The van der Waals surface area contributed by atoms with Crippen LogP contribution in [-0.2, 0) is 16.1 Å². The molecule has 1 aromatic heterocycles. The molecule has 3 heterocycles. The van der Waals surface area contributed by atoms with Gasteiger partial charge in [-0.1, -0.05) is 36.4 Å². The second kappa shape index (κ2) is 11.7. The number of carbonyl (C=O) groups excluding carboxylic acids is 1. The minimum atomic E-state index is -0.294. The molecule has 1 fully saturated rings. The number of rotatable bonds is 6. The van der Waals surface area contributed by atoms with Crippen LogP contribution in [0.15, 0.2) is 95.0 Å². The average molecular weight is 569 g/mol. The molecule has 0 aliphatic carbocycles. The Morgan fingerprint density at radius 3 is 2.44 bits per heavy atom. The SMILES string of the molecule is CC1CN(C2=NC(=O)/C(=C/c3cn(-c4ccccc4)nc3-c3ccc(OCc4ccccc4F)cc3)S2)CC(C)O1. The van der Waals surface area contributed by atoms with E-state index in [1.54, 1.807) is 18.2 Å². The molecule has 7 nitrogen and oxygen atoms in total. The Hall–Kier alpha value is -4.21. The molecule has 0 spiro atoms. The van der Waals surface area contributed by atoms with Gasteiger partial charge in [-0.3, -0.25) is 4.79 Å². The zero-order valence-electron chi connectivity index (χ0n) is 22.7. The van der Waals surface area contributed by atoms with Crippen LogP contribution in [0.4, 0.5) is 4.39 Å². The summed E-state index contributed by atoms with van der Waals surface area (Å²) in [6, 6.07) is 23.9. The fourth-order valence-electron chi connectivity index (χ4n) is 4.92. The second-order valence-corrected chi connectivity index (χ2v) is 11.1. The van der Waals surface area contributed by atoms with Crippen molar-refractivity contribution >= 4 is 28.9 Å². The van der Waals surface area contributed by atoms with Gasteiger partial charge in [0.2, 0.25) is 0 Å². The van der Waals surface area contributed by atoms with Gasteiger partial charge in [-0.25, -0.2) is 9.07 Å². The third-order valence-electron chi connectivity index (χ3n) is 6.83. The van der Waals surface area contributed by atoms with Crippen LogP contribution in [0.1, 0.15) is 25.0 Å². The molecule has 3 aromatic carbocycles. The van der Waals surface area contributed by atoms with Crippen LogP contribution in [0, 0.1) is 5.82 Å². The largest absolute Gasteiger partial charge is 0.489 e. The van der Waals surface area contributed by atoms with Gasteiger partial charge in [0.25, 0.3) is 5.91 Å². The molecule has 2 unspecified atom stereocenters. The standard InChI is InChI=1S/C32H29FN4O3S/c1-21-17-36(18-22(2)40-21)32-34-31(38)29(41-32)16-25-19-37(26-9-4-3-5-10-26)35-30(25)23-12-14-27(15-13-23)39-20-24-8-6-7-11-28(24)33/h3-16,19,21-22H,17-18,20H2,1-2H3/b29-16-. The normalized spacial score (nSPS) is 20.0. The molecule has 2 atom stereocenters. The van der Waals surface area contributed by atoms with Crippen LogP contribution in [0.5, 0.6) is 5.75 Å². The number of hydrogen-bond acceptors (Lipinski definition) is 6. The topological polar surface area (TPSA) is 69.0 Å². The number of halogens is 1. The fourth-order valence-corrected chi connectivity index (χ4v) is 5.85. The number of thioether (sulfide) groups is 1. The van der Waals surface area contributed by atoms with Crippen molar-refractivity contribution in [1.29, 1.82) is 0 Å². The molecule has 9 heteroatoms. The minimum absolute atomic E-state index is 0.0690. The van der Waals surface area contributed by atoms with E-state index in [4.69, 9.17) is 14.6 Å². The fraction of sp³-hybridized carbons (Fsp3) is 0.219. The molecule has 0 bridgehead atoms. The Bertz CT molecular complexity index is 1610. The van der Waals surface area contributed by atoms with Gasteiger partial charge in [0.05, 0.1) is 28.5 Å². The van der Waals surface area contributed by atoms with Gasteiger partial charge in [0.15, 0.2) is 5.17 Å². The highest BCUT2D eigenvalue weighted by Crippen LogP contribution is 2.34. The predicted octanol–water partition coefficient (Wildman–Crippen LogP) is 6.34. The molecular formula is C32H29FN4O3S. The summed E-state index contributed by atoms with van der Waals surface area (Å²) in [5, 5.41) is 5.58. The number of benzene rings is 3. The lowest BCUT2D eigenvalue weighted by Crippen LogP contribution is -2.47. The van der Waals surface area contributed by atoms with E-state index in [1.165, 1.54) is 17.8 Å².